The lowest BCUT2D eigenvalue weighted by atomic mass is 9.89. The number of unbranched alkanes of at least 4 members (excludes halogenated alkanes) is 3. The Balaban J connectivity index is -0.000000958. The van der Waals surface area contributed by atoms with Crippen molar-refractivity contribution in [1.82, 2.24) is 24.5 Å². The lowest BCUT2D eigenvalue weighted by molar-refractivity contribution is 0.0405. The molecule has 0 radical (unpaired) electrons. The van der Waals surface area contributed by atoms with Crippen LogP contribution in [-0.4, -0.2) is 83.7 Å². The summed E-state index contributed by atoms with van der Waals surface area (Å²) >= 11 is 0. The third-order valence-electron chi connectivity index (χ3n) is 14.8. The van der Waals surface area contributed by atoms with Crippen molar-refractivity contribution in [2.24, 2.45) is 76.9 Å². The van der Waals surface area contributed by atoms with Crippen molar-refractivity contribution < 1.29 is 14.2 Å². The number of nitrogens with zero attached hydrogens (tertiary/aromatic N) is 5. The molecule has 0 spiro atoms. The van der Waals surface area contributed by atoms with Gasteiger partial charge in [-0.15, -0.1) is 0 Å². The van der Waals surface area contributed by atoms with Crippen molar-refractivity contribution in [2.45, 2.75) is 314 Å². The van der Waals surface area contributed by atoms with Crippen LogP contribution in [-0.2, 0) is 33.7 Å². The molecule has 1 aliphatic heterocycles. The molecule has 1 fully saturated rings. The molecule has 2 aromatic rings. The van der Waals surface area contributed by atoms with E-state index >= 15 is 0 Å². The van der Waals surface area contributed by atoms with E-state index in [1.54, 1.807) is 0 Å². The van der Waals surface area contributed by atoms with E-state index in [4.69, 9.17) is 14.2 Å². The summed E-state index contributed by atoms with van der Waals surface area (Å²) in [5.41, 5.74) is 2.42. The molecule has 0 atom stereocenters. The van der Waals surface area contributed by atoms with Gasteiger partial charge in [0.2, 0.25) is 0 Å². The largest absolute Gasteiger partial charge is 0.381 e. The first-order valence-electron chi connectivity index (χ1n) is 36.1. The second kappa shape index (κ2) is 59.4. The number of hydrogen-bond donors (Lipinski definition) is 0. The zero-order valence-corrected chi connectivity index (χ0v) is 61.9. The molecule has 0 amide bonds. The van der Waals surface area contributed by atoms with Crippen LogP contribution >= 0.6 is 0 Å². The second-order valence-electron chi connectivity index (χ2n) is 30.5. The summed E-state index contributed by atoms with van der Waals surface area (Å²) < 4.78 is 20.4. The van der Waals surface area contributed by atoms with Crippen molar-refractivity contribution >= 4 is 0 Å². The normalized spacial score (nSPS) is 12.9. The predicted octanol–water partition coefficient (Wildman–Crippen LogP) is 22.3. The number of piperidine rings is 1. The van der Waals surface area contributed by atoms with Gasteiger partial charge in [0.1, 0.15) is 0 Å². The van der Waals surface area contributed by atoms with Gasteiger partial charge in [0.05, 0.1) is 31.2 Å². The van der Waals surface area contributed by atoms with Gasteiger partial charge >= 0.3 is 0 Å². The number of aromatic nitrogens is 4. The summed E-state index contributed by atoms with van der Waals surface area (Å²) in [6, 6.07) is 0. The fourth-order valence-electron chi connectivity index (χ4n) is 9.26. The Morgan fingerprint density at radius 1 is 0.412 bits per heavy atom. The molecule has 8 nitrogen and oxygen atoms in total. The summed E-state index contributed by atoms with van der Waals surface area (Å²) in [5, 5.41) is 8.67. The Kier molecular flexibility index (Phi) is 60.9. The molecule has 3 heterocycles. The van der Waals surface area contributed by atoms with E-state index in [2.05, 4.69) is 204 Å². The quantitative estimate of drug-likeness (QED) is 0.0491. The molecule has 3 rings (SSSR count). The molecule has 0 saturated carbocycles. The van der Waals surface area contributed by atoms with E-state index in [9.17, 15) is 0 Å². The van der Waals surface area contributed by atoms with Crippen molar-refractivity contribution in [3.8, 4) is 11.8 Å². The van der Waals surface area contributed by atoms with Crippen LogP contribution in [0.2, 0.25) is 0 Å². The van der Waals surface area contributed by atoms with Gasteiger partial charge in [0.15, 0.2) is 0 Å². The Bertz CT molecular complexity index is 1670. The van der Waals surface area contributed by atoms with Crippen LogP contribution in [0.25, 0.3) is 0 Å². The maximum atomic E-state index is 5.50. The Morgan fingerprint density at radius 2 is 0.859 bits per heavy atom. The first kappa shape index (κ1) is 87.0. The highest BCUT2D eigenvalue weighted by Gasteiger charge is 2.19. The number of likely N-dealkylation sites (tertiary alicyclic amines) is 1. The standard InChI is InChI=1S/C16H33N.C14H26N2.C14H22N2.C12H26O2.C12H26O.C9H20/c1-14(2)6-5-11-17-12-9-16(10-13-17)8-7-15(3)4;2*1-12(2)7-5-6-8-14-9-15-16(11-14)10-13(3)4;1-11(2)5-7-13-9-10-14-8-6-12(3)4;1-11(2)8-6-5-7-9-13-10-12(3)4;1-8(2)6-5-7-9(3)4/h14-16H,5-13H2,1-4H3;9,11-13H,5-8,10H2,1-4H3;9,11-13H,5,7,10H2,1-4H3;11-12H,5-10H2,1-4H3;11-12H,5-10H2,1-4H3;8-9H,5-7H2,1-4H3. The van der Waals surface area contributed by atoms with E-state index in [1.807, 2.05) is 23.3 Å². The van der Waals surface area contributed by atoms with Crippen LogP contribution < -0.4 is 0 Å². The molecule has 1 saturated heterocycles. The minimum Gasteiger partial charge on any atom is -0.381 e. The summed E-state index contributed by atoms with van der Waals surface area (Å²) in [6.45, 7) is 65.4. The van der Waals surface area contributed by atoms with Crippen LogP contribution in [0.3, 0.4) is 0 Å². The van der Waals surface area contributed by atoms with Gasteiger partial charge in [-0.05, 0) is 166 Å². The Labute approximate surface area is 534 Å². The van der Waals surface area contributed by atoms with Gasteiger partial charge in [-0.1, -0.05) is 242 Å². The SMILES string of the molecule is CC(C)CCC#Cc1cnn(CC(C)C)c1.CC(C)CCCC(C)C.CC(C)CCCCCOCC(C)C.CC(C)CCCCc1cnn(CC(C)C)c1.CC(C)CCCN1CCC(CCC(C)C)CC1.CC(C)CCOCCOCCC(C)C. The fourth-order valence-corrected chi connectivity index (χ4v) is 9.26. The maximum absolute atomic E-state index is 5.50. The first-order valence-corrected chi connectivity index (χ1v) is 36.1. The highest BCUT2D eigenvalue weighted by Crippen LogP contribution is 2.24. The summed E-state index contributed by atoms with van der Waals surface area (Å²) in [5.74, 6) is 16.8. The average Bonchev–Trinajstić information content (AvgIpc) is 4.13. The van der Waals surface area contributed by atoms with Gasteiger partial charge in [-0.3, -0.25) is 9.36 Å². The average molecular weight is 1200 g/mol. The van der Waals surface area contributed by atoms with E-state index < -0.39 is 0 Å². The number of hydrogen-bond acceptors (Lipinski definition) is 6. The third-order valence-corrected chi connectivity index (χ3v) is 14.8. The molecule has 0 N–H and O–H groups in total. The topological polar surface area (TPSA) is 66.6 Å². The van der Waals surface area contributed by atoms with Crippen LogP contribution in [0.1, 0.15) is 306 Å². The highest BCUT2D eigenvalue weighted by atomic mass is 16.5. The Hall–Kier alpha value is -2.18. The van der Waals surface area contributed by atoms with Gasteiger partial charge in [0.25, 0.3) is 0 Å². The number of aryl methyl sites for hydroxylation is 1. The minimum atomic E-state index is 0.627. The molecule has 0 aromatic carbocycles. The number of rotatable bonds is 39. The molecule has 8 heteroatoms. The molecule has 0 bridgehead atoms. The van der Waals surface area contributed by atoms with Gasteiger partial charge in [0, 0.05) is 58.3 Å². The number of ether oxygens (including phenoxy) is 3. The zero-order valence-electron chi connectivity index (χ0n) is 61.9. The zero-order chi connectivity index (χ0) is 64.8. The van der Waals surface area contributed by atoms with Crippen LogP contribution in [0, 0.1) is 88.8 Å². The summed E-state index contributed by atoms with van der Waals surface area (Å²) in [4.78, 5) is 2.69. The van der Waals surface area contributed by atoms with Gasteiger partial charge in [-0.25, -0.2) is 0 Å². The highest BCUT2D eigenvalue weighted by molar-refractivity contribution is 5.29. The molecule has 504 valence electrons. The smallest absolute Gasteiger partial charge is 0.0700 e. The van der Waals surface area contributed by atoms with Crippen LogP contribution in [0.5, 0.6) is 0 Å². The third kappa shape index (κ3) is 70.8. The van der Waals surface area contributed by atoms with E-state index in [1.165, 1.54) is 141 Å². The van der Waals surface area contributed by atoms with E-state index in [0.29, 0.717) is 17.8 Å². The van der Waals surface area contributed by atoms with Crippen molar-refractivity contribution in [2.75, 3.05) is 59.3 Å². The lowest BCUT2D eigenvalue weighted by Gasteiger charge is -2.32. The molecule has 0 unspecified atom stereocenters. The van der Waals surface area contributed by atoms with Crippen molar-refractivity contribution in [3.63, 3.8) is 0 Å². The van der Waals surface area contributed by atoms with Crippen LogP contribution in [0.15, 0.2) is 24.8 Å². The Morgan fingerprint density at radius 3 is 1.33 bits per heavy atom. The summed E-state index contributed by atoms with van der Waals surface area (Å²) in [7, 11) is 0. The summed E-state index contributed by atoms with van der Waals surface area (Å²) in [6.07, 6.45) is 35.8. The monoisotopic (exact) mass is 1200 g/mol. The molecule has 85 heavy (non-hydrogen) atoms. The van der Waals surface area contributed by atoms with Crippen molar-refractivity contribution in [3.05, 3.63) is 35.9 Å². The molecular formula is C77H153N5O3. The first-order chi connectivity index (χ1) is 40.1. The molecule has 1 aliphatic rings. The molecule has 0 aliphatic carbocycles. The van der Waals surface area contributed by atoms with Crippen molar-refractivity contribution in [1.29, 1.82) is 0 Å². The van der Waals surface area contributed by atoms with Gasteiger partial charge in [-0.2, -0.15) is 10.2 Å². The van der Waals surface area contributed by atoms with Gasteiger partial charge < -0.3 is 19.1 Å². The molecule has 2 aromatic heterocycles. The van der Waals surface area contributed by atoms with Crippen LogP contribution in [0.4, 0.5) is 0 Å². The van der Waals surface area contributed by atoms with E-state index in [0.717, 1.165) is 137 Å². The minimum absolute atomic E-state index is 0.627. The second-order valence-corrected chi connectivity index (χ2v) is 30.5. The van der Waals surface area contributed by atoms with E-state index in [-0.39, 0.29) is 0 Å². The fraction of sp³-hybridized carbons (Fsp3) is 0.896. The predicted molar refractivity (Wildman–Crippen MR) is 378 cm³/mol. The molecular weight excluding hydrogens is 1040 g/mol. The maximum Gasteiger partial charge on any atom is 0.0700 e. The lowest BCUT2D eigenvalue weighted by Crippen LogP contribution is -2.34.